The number of hydrogen-bond acceptors (Lipinski definition) is 6. The van der Waals surface area contributed by atoms with E-state index >= 15 is 0 Å². The molecule has 4 atom stereocenters. The van der Waals surface area contributed by atoms with E-state index in [1.54, 1.807) is 6.33 Å². The van der Waals surface area contributed by atoms with Crippen LogP contribution >= 0.6 is 9.24 Å². The largest absolute Gasteiger partial charge is 0.370 e. The monoisotopic (exact) mass is 296 g/mol. The lowest BCUT2D eigenvalue weighted by atomic mass is 10.2. The van der Waals surface area contributed by atoms with Crippen molar-refractivity contribution >= 4 is 15.1 Å². The van der Waals surface area contributed by atoms with Crippen molar-refractivity contribution in [2.75, 3.05) is 18.5 Å². The Morgan fingerprint density at radius 1 is 1.55 bits per heavy atom. The lowest BCUT2D eigenvalue weighted by Crippen LogP contribution is -2.24. The fourth-order valence-corrected chi connectivity index (χ4v) is 3.04. The minimum absolute atomic E-state index is 0.0826. The summed E-state index contributed by atoms with van der Waals surface area (Å²) in [6, 6.07) is 0. The van der Waals surface area contributed by atoms with E-state index in [0.29, 0.717) is 6.61 Å². The average molecular weight is 296 g/mol. The molecule has 1 saturated heterocycles. The third-order valence-electron chi connectivity index (χ3n) is 3.69. The highest BCUT2D eigenvalue weighted by Crippen LogP contribution is 2.57. The SMILES string of the molecule is CCCNc1ncnc2c1C2(P)OC[C@@H]1CC[C@H](N)O1. The van der Waals surface area contributed by atoms with Gasteiger partial charge < -0.3 is 20.5 Å². The van der Waals surface area contributed by atoms with Crippen molar-refractivity contribution in [3.05, 3.63) is 17.6 Å². The number of nitrogens with one attached hydrogen (secondary N) is 1. The molecule has 0 spiro atoms. The summed E-state index contributed by atoms with van der Waals surface area (Å²) in [6.07, 6.45) is 4.41. The summed E-state index contributed by atoms with van der Waals surface area (Å²) < 4.78 is 11.6. The standard InChI is InChI=1S/C13H21N4O2P/c1-2-5-15-12-10-11(16-7-17-12)13(10,20)18-6-8-3-4-9(14)19-8/h7-9H,2-6,14,20H2,1H3,(H,15,16,17)/t8-,9+,13?/m0/s1. The average Bonchev–Trinajstić information content (AvgIpc) is 2.83. The number of nitrogens with zero attached hydrogens (tertiary/aromatic N) is 2. The molecule has 1 aliphatic heterocycles. The number of ether oxygens (including phenoxy) is 2. The lowest BCUT2D eigenvalue weighted by Gasteiger charge is -2.16. The van der Waals surface area contributed by atoms with Gasteiger partial charge in [0, 0.05) is 6.54 Å². The minimum Gasteiger partial charge on any atom is -0.370 e. The molecule has 1 aromatic heterocycles. The molecule has 20 heavy (non-hydrogen) atoms. The van der Waals surface area contributed by atoms with E-state index < -0.39 is 5.34 Å². The van der Waals surface area contributed by atoms with Crippen LogP contribution in [-0.4, -0.2) is 35.5 Å². The molecule has 0 amide bonds. The van der Waals surface area contributed by atoms with Gasteiger partial charge in [-0.15, -0.1) is 0 Å². The summed E-state index contributed by atoms with van der Waals surface area (Å²) in [4.78, 5) is 8.58. The summed E-state index contributed by atoms with van der Waals surface area (Å²) >= 11 is 0. The molecule has 2 unspecified atom stereocenters. The molecular formula is C13H21N4O2P. The van der Waals surface area contributed by atoms with E-state index in [2.05, 4.69) is 31.4 Å². The van der Waals surface area contributed by atoms with Gasteiger partial charge in [-0.1, -0.05) is 16.2 Å². The first-order valence-corrected chi connectivity index (χ1v) is 7.66. The maximum Gasteiger partial charge on any atom is 0.154 e. The predicted octanol–water partition coefficient (Wildman–Crippen LogP) is 1.17. The number of nitrogens with two attached hydrogens (primary N) is 1. The smallest absolute Gasteiger partial charge is 0.154 e. The second kappa shape index (κ2) is 5.53. The lowest BCUT2D eigenvalue weighted by molar-refractivity contribution is -0.0304. The molecule has 3 N–H and O–H groups in total. The molecule has 1 aromatic rings. The Balaban J connectivity index is 1.62. The van der Waals surface area contributed by atoms with Crippen molar-refractivity contribution in [3.8, 4) is 0 Å². The van der Waals surface area contributed by atoms with E-state index in [4.69, 9.17) is 15.2 Å². The first-order valence-electron chi connectivity index (χ1n) is 7.09. The van der Waals surface area contributed by atoms with E-state index in [-0.39, 0.29) is 12.3 Å². The molecule has 2 aliphatic rings. The summed E-state index contributed by atoms with van der Waals surface area (Å²) in [5.41, 5.74) is 7.71. The van der Waals surface area contributed by atoms with Gasteiger partial charge in [-0.3, -0.25) is 0 Å². The van der Waals surface area contributed by atoms with Crippen LogP contribution in [0.5, 0.6) is 0 Å². The van der Waals surface area contributed by atoms with Gasteiger partial charge in [0.25, 0.3) is 0 Å². The molecule has 1 aliphatic carbocycles. The number of anilines is 1. The third kappa shape index (κ3) is 2.53. The quantitative estimate of drug-likeness (QED) is 0.767. The van der Waals surface area contributed by atoms with Crippen molar-refractivity contribution in [2.24, 2.45) is 5.73 Å². The molecule has 0 aromatic carbocycles. The van der Waals surface area contributed by atoms with Crippen LogP contribution in [0.25, 0.3) is 0 Å². The molecule has 1 fully saturated rings. The van der Waals surface area contributed by atoms with Gasteiger partial charge in [-0.05, 0) is 19.3 Å². The molecule has 0 radical (unpaired) electrons. The first kappa shape index (κ1) is 14.1. The van der Waals surface area contributed by atoms with Crippen LogP contribution in [0, 0.1) is 0 Å². The van der Waals surface area contributed by atoms with Crippen LogP contribution in [-0.2, 0) is 14.8 Å². The molecule has 6 nitrogen and oxygen atoms in total. The molecule has 2 heterocycles. The number of rotatable bonds is 6. The Labute approximate surface area is 121 Å². The van der Waals surface area contributed by atoms with E-state index in [1.165, 1.54) is 0 Å². The Hall–Kier alpha value is -0.810. The van der Waals surface area contributed by atoms with Crippen LogP contribution < -0.4 is 11.1 Å². The highest BCUT2D eigenvalue weighted by atomic mass is 31.0. The zero-order valence-corrected chi connectivity index (χ0v) is 12.8. The number of aromatic nitrogens is 2. The number of hydrogen-bond donors (Lipinski definition) is 2. The fraction of sp³-hybridized carbons (Fsp3) is 0.692. The molecule has 0 saturated carbocycles. The van der Waals surface area contributed by atoms with Crippen LogP contribution in [0.3, 0.4) is 0 Å². The Morgan fingerprint density at radius 2 is 2.40 bits per heavy atom. The van der Waals surface area contributed by atoms with Crippen molar-refractivity contribution in [2.45, 2.75) is 43.9 Å². The molecule has 7 heteroatoms. The van der Waals surface area contributed by atoms with Gasteiger partial charge in [0.1, 0.15) is 18.4 Å². The van der Waals surface area contributed by atoms with Gasteiger partial charge in [0.05, 0.1) is 24.0 Å². The van der Waals surface area contributed by atoms with Gasteiger partial charge in [0.2, 0.25) is 0 Å². The van der Waals surface area contributed by atoms with Gasteiger partial charge >= 0.3 is 0 Å². The summed E-state index contributed by atoms with van der Waals surface area (Å²) in [6.45, 7) is 3.54. The molecule has 110 valence electrons. The van der Waals surface area contributed by atoms with Crippen LogP contribution in [0.15, 0.2) is 6.33 Å². The van der Waals surface area contributed by atoms with Crippen molar-refractivity contribution < 1.29 is 9.47 Å². The molecule has 3 rings (SSSR count). The Bertz CT molecular complexity index is 501. The van der Waals surface area contributed by atoms with Crippen molar-refractivity contribution in [1.82, 2.24) is 9.97 Å². The van der Waals surface area contributed by atoms with Crippen LogP contribution in [0.2, 0.25) is 0 Å². The number of fused-ring (bicyclic) bond motifs is 1. The summed E-state index contributed by atoms with van der Waals surface area (Å²) in [7, 11) is 2.74. The van der Waals surface area contributed by atoms with Gasteiger partial charge in [-0.2, -0.15) is 0 Å². The zero-order valence-electron chi connectivity index (χ0n) is 11.6. The topological polar surface area (TPSA) is 82.3 Å². The highest BCUT2D eigenvalue weighted by Gasteiger charge is 2.53. The van der Waals surface area contributed by atoms with Crippen LogP contribution in [0.4, 0.5) is 5.82 Å². The predicted molar refractivity (Wildman–Crippen MR) is 79.3 cm³/mol. The third-order valence-corrected chi connectivity index (χ3v) is 4.42. The Morgan fingerprint density at radius 3 is 3.10 bits per heavy atom. The van der Waals surface area contributed by atoms with Gasteiger partial charge in [-0.25, -0.2) is 9.97 Å². The van der Waals surface area contributed by atoms with E-state index in [9.17, 15) is 0 Å². The summed E-state index contributed by atoms with van der Waals surface area (Å²) in [5, 5.41) is 2.81. The van der Waals surface area contributed by atoms with Gasteiger partial charge in [0.15, 0.2) is 5.34 Å². The van der Waals surface area contributed by atoms with Crippen LogP contribution in [0.1, 0.15) is 37.4 Å². The van der Waals surface area contributed by atoms with E-state index in [0.717, 1.165) is 42.9 Å². The zero-order chi connectivity index (χ0) is 14.2. The highest BCUT2D eigenvalue weighted by molar-refractivity contribution is 7.19. The van der Waals surface area contributed by atoms with Crippen molar-refractivity contribution in [3.63, 3.8) is 0 Å². The first-order chi connectivity index (χ1) is 9.65. The second-order valence-electron chi connectivity index (χ2n) is 5.29. The molecular weight excluding hydrogens is 275 g/mol. The normalized spacial score (nSPS) is 31.1. The van der Waals surface area contributed by atoms with E-state index in [1.807, 2.05) is 0 Å². The second-order valence-corrected chi connectivity index (χ2v) is 6.11. The minimum atomic E-state index is -0.497. The Kier molecular flexibility index (Phi) is 3.91. The summed E-state index contributed by atoms with van der Waals surface area (Å²) in [5.74, 6) is 0.871. The van der Waals surface area contributed by atoms with Crippen molar-refractivity contribution in [1.29, 1.82) is 0 Å². The maximum atomic E-state index is 6.00. The maximum absolute atomic E-state index is 6.00. The fourth-order valence-electron chi connectivity index (χ4n) is 2.52. The molecule has 0 bridgehead atoms.